The van der Waals surface area contributed by atoms with Gasteiger partial charge in [0.2, 0.25) is 5.91 Å². The van der Waals surface area contributed by atoms with E-state index in [1.54, 1.807) is 11.3 Å². The van der Waals surface area contributed by atoms with E-state index in [1.807, 2.05) is 11.4 Å². The Bertz CT molecular complexity index is 373. The number of carbonyl (C=O) groups excluding carboxylic acids is 1. The quantitative estimate of drug-likeness (QED) is 0.894. The highest BCUT2D eigenvalue weighted by Gasteiger charge is 2.39. The van der Waals surface area contributed by atoms with Crippen molar-refractivity contribution in [3.05, 3.63) is 20.8 Å². The van der Waals surface area contributed by atoms with E-state index in [1.165, 1.54) is 0 Å². The van der Waals surface area contributed by atoms with Gasteiger partial charge >= 0.3 is 0 Å². The number of nitrogens with one attached hydrogen (secondary N) is 1. The highest BCUT2D eigenvalue weighted by Crippen LogP contribution is 2.29. The van der Waals surface area contributed by atoms with Crippen molar-refractivity contribution in [3.63, 3.8) is 0 Å². The molecule has 1 aromatic heterocycles. The molecule has 5 heteroatoms. The van der Waals surface area contributed by atoms with E-state index in [0.717, 1.165) is 28.6 Å². The van der Waals surface area contributed by atoms with Crippen LogP contribution in [0.15, 0.2) is 15.9 Å². The fourth-order valence-electron chi connectivity index (χ4n) is 1.57. The summed E-state index contributed by atoms with van der Waals surface area (Å²) in [5.74, 6) is -0.0194. The van der Waals surface area contributed by atoms with Gasteiger partial charge in [0.25, 0.3) is 0 Å². The molecule has 0 atom stereocenters. The molecule has 1 saturated carbocycles. The molecular formula is C10H13BrN2OS. The van der Waals surface area contributed by atoms with Crippen LogP contribution in [0.3, 0.4) is 0 Å². The predicted molar refractivity (Wildman–Crippen MR) is 64.6 cm³/mol. The van der Waals surface area contributed by atoms with Gasteiger partial charge in [-0.2, -0.15) is 0 Å². The lowest BCUT2D eigenvalue weighted by Gasteiger charge is -2.36. The molecule has 0 saturated heterocycles. The number of amides is 1. The zero-order valence-corrected chi connectivity index (χ0v) is 10.7. The second-order valence-corrected chi connectivity index (χ2v) is 5.74. The highest BCUT2D eigenvalue weighted by atomic mass is 79.9. The molecule has 0 unspecified atom stereocenters. The maximum absolute atomic E-state index is 11.7. The van der Waals surface area contributed by atoms with Crippen molar-refractivity contribution < 1.29 is 4.79 Å². The standard InChI is InChI=1S/C10H13BrN2OS/c11-7-2-5-15-8(7)6-13-9(14)10(12)3-1-4-10/h2,5H,1,3-4,6,12H2,(H,13,14). The molecule has 15 heavy (non-hydrogen) atoms. The average molecular weight is 289 g/mol. The third kappa shape index (κ3) is 2.24. The lowest BCUT2D eigenvalue weighted by atomic mass is 9.77. The number of hydrogen-bond donors (Lipinski definition) is 2. The van der Waals surface area contributed by atoms with Crippen molar-refractivity contribution in [2.45, 2.75) is 31.3 Å². The minimum Gasteiger partial charge on any atom is -0.350 e. The van der Waals surface area contributed by atoms with Crippen LogP contribution in [0.5, 0.6) is 0 Å². The van der Waals surface area contributed by atoms with Crippen LogP contribution >= 0.6 is 27.3 Å². The molecule has 3 nitrogen and oxygen atoms in total. The number of thiophene rings is 1. The summed E-state index contributed by atoms with van der Waals surface area (Å²) in [4.78, 5) is 12.8. The first-order chi connectivity index (χ1) is 7.12. The molecular weight excluding hydrogens is 276 g/mol. The molecule has 0 spiro atoms. The molecule has 0 bridgehead atoms. The van der Waals surface area contributed by atoms with Crippen molar-refractivity contribution in [1.82, 2.24) is 5.32 Å². The minimum atomic E-state index is -0.594. The number of hydrogen-bond acceptors (Lipinski definition) is 3. The SMILES string of the molecule is NC1(C(=O)NCc2sccc2Br)CCC1. The normalized spacial score (nSPS) is 18.3. The van der Waals surface area contributed by atoms with Crippen LogP contribution in [-0.4, -0.2) is 11.4 Å². The first-order valence-electron chi connectivity index (χ1n) is 4.91. The van der Waals surface area contributed by atoms with E-state index < -0.39 is 5.54 Å². The molecule has 82 valence electrons. The van der Waals surface area contributed by atoms with Gasteiger partial charge in [-0.1, -0.05) is 0 Å². The second kappa shape index (κ2) is 4.23. The molecule has 1 aliphatic carbocycles. The van der Waals surface area contributed by atoms with Crippen LogP contribution in [-0.2, 0) is 11.3 Å². The van der Waals surface area contributed by atoms with Crippen LogP contribution in [0.4, 0.5) is 0 Å². The van der Waals surface area contributed by atoms with Gasteiger partial charge in [0.1, 0.15) is 0 Å². The lowest BCUT2D eigenvalue weighted by Crippen LogP contribution is -2.58. The van der Waals surface area contributed by atoms with Crippen molar-refractivity contribution in [2.75, 3.05) is 0 Å². The van der Waals surface area contributed by atoms with E-state index in [4.69, 9.17) is 5.73 Å². The van der Waals surface area contributed by atoms with E-state index >= 15 is 0 Å². The maximum atomic E-state index is 11.7. The van der Waals surface area contributed by atoms with Gasteiger partial charge in [0.15, 0.2) is 0 Å². The average Bonchev–Trinajstić information content (AvgIpc) is 2.56. The van der Waals surface area contributed by atoms with Gasteiger partial charge in [0.05, 0.1) is 12.1 Å². The molecule has 0 aliphatic heterocycles. The summed E-state index contributed by atoms with van der Waals surface area (Å²) in [6.45, 7) is 0.566. The van der Waals surface area contributed by atoms with Gasteiger partial charge in [-0.05, 0) is 46.6 Å². The molecule has 0 aromatic carbocycles. The molecule has 1 fully saturated rings. The lowest BCUT2D eigenvalue weighted by molar-refractivity contribution is -0.129. The van der Waals surface area contributed by atoms with Crippen LogP contribution < -0.4 is 11.1 Å². The van der Waals surface area contributed by atoms with Crippen molar-refractivity contribution in [3.8, 4) is 0 Å². The molecule has 1 aromatic rings. The molecule has 1 amide bonds. The molecule has 1 aliphatic rings. The monoisotopic (exact) mass is 288 g/mol. The Labute approximate surface area is 101 Å². The van der Waals surface area contributed by atoms with Crippen molar-refractivity contribution in [2.24, 2.45) is 5.73 Å². The van der Waals surface area contributed by atoms with E-state index in [0.29, 0.717) is 6.54 Å². The van der Waals surface area contributed by atoms with Crippen molar-refractivity contribution in [1.29, 1.82) is 0 Å². The topological polar surface area (TPSA) is 55.1 Å². The molecule has 0 radical (unpaired) electrons. The van der Waals surface area contributed by atoms with Crippen LogP contribution in [0.1, 0.15) is 24.1 Å². The second-order valence-electron chi connectivity index (χ2n) is 3.88. The van der Waals surface area contributed by atoms with Crippen LogP contribution in [0.25, 0.3) is 0 Å². The number of nitrogens with two attached hydrogens (primary N) is 1. The number of rotatable bonds is 3. The van der Waals surface area contributed by atoms with Crippen molar-refractivity contribution >= 4 is 33.2 Å². The summed E-state index contributed by atoms with van der Waals surface area (Å²) in [5.41, 5.74) is 5.31. The van der Waals surface area contributed by atoms with Gasteiger partial charge in [-0.15, -0.1) is 11.3 Å². The zero-order valence-electron chi connectivity index (χ0n) is 8.25. The van der Waals surface area contributed by atoms with E-state index in [-0.39, 0.29) is 5.91 Å². The zero-order chi connectivity index (χ0) is 10.9. The van der Waals surface area contributed by atoms with Crippen LogP contribution in [0, 0.1) is 0 Å². The third-order valence-corrected chi connectivity index (χ3v) is 4.72. The third-order valence-electron chi connectivity index (χ3n) is 2.80. The van der Waals surface area contributed by atoms with Crippen LogP contribution in [0.2, 0.25) is 0 Å². The van der Waals surface area contributed by atoms with E-state index in [9.17, 15) is 4.79 Å². The largest absolute Gasteiger partial charge is 0.350 e. The Hall–Kier alpha value is -0.390. The predicted octanol–water partition coefficient (Wildman–Crippen LogP) is 2.01. The summed E-state index contributed by atoms with van der Waals surface area (Å²) in [7, 11) is 0. The fourth-order valence-corrected chi connectivity index (χ4v) is 3.00. The molecule has 3 N–H and O–H groups in total. The van der Waals surface area contributed by atoms with Gasteiger partial charge < -0.3 is 11.1 Å². The fraction of sp³-hybridized carbons (Fsp3) is 0.500. The summed E-state index contributed by atoms with van der Waals surface area (Å²) >= 11 is 5.05. The maximum Gasteiger partial charge on any atom is 0.240 e. The Balaban J connectivity index is 1.88. The van der Waals surface area contributed by atoms with Gasteiger partial charge in [0, 0.05) is 9.35 Å². The Morgan fingerprint density at radius 3 is 2.87 bits per heavy atom. The number of halogens is 1. The summed E-state index contributed by atoms with van der Waals surface area (Å²) in [5, 5.41) is 4.88. The highest BCUT2D eigenvalue weighted by molar-refractivity contribution is 9.10. The molecule has 1 heterocycles. The van der Waals surface area contributed by atoms with E-state index in [2.05, 4.69) is 21.2 Å². The smallest absolute Gasteiger partial charge is 0.240 e. The number of carbonyl (C=O) groups is 1. The Kier molecular flexibility index (Phi) is 3.13. The summed E-state index contributed by atoms with van der Waals surface area (Å²) in [6.07, 6.45) is 2.68. The molecule has 2 rings (SSSR count). The Morgan fingerprint density at radius 1 is 1.67 bits per heavy atom. The Morgan fingerprint density at radius 2 is 2.40 bits per heavy atom. The first kappa shape index (κ1) is 11.1. The summed E-state index contributed by atoms with van der Waals surface area (Å²) in [6, 6.07) is 1.98. The summed E-state index contributed by atoms with van der Waals surface area (Å²) < 4.78 is 1.05. The first-order valence-corrected chi connectivity index (χ1v) is 6.58. The van der Waals surface area contributed by atoms with Gasteiger partial charge in [-0.25, -0.2) is 0 Å². The minimum absolute atomic E-state index is 0.0194. The van der Waals surface area contributed by atoms with Gasteiger partial charge in [-0.3, -0.25) is 4.79 Å².